The van der Waals surface area contributed by atoms with Crippen LogP contribution in [0.15, 0.2) is 29.6 Å². The van der Waals surface area contributed by atoms with E-state index in [9.17, 15) is 14.4 Å². The minimum atomic E-state index is -1.40. The van der Waals surface area contributed by atoms with Gasteiger partial charge >= 0.3 is 6.03 Å². The molecular weight excluding hydrogens is 378 g/mol. The van der Waals surface area contributed by atoms with Gasteiger partial charge in [0.05, 0.1) is 23.6 Å². The van der Waals surface area contributed by atoms with Gasteiger partial charge in [-0.2, -0.15) is 0 Å². The van der Waals surface area contributed by atoms with E-state index in [1.165, 1.54) is 23.3 Å². The molecule has 1 fully saturated rings. The van der Waals surface area contributed by atoms with E-state index >= 15 is 0 Å². The zero-order valence-corrected chi connectivity index (χ0v) is 15.2. The number of fused-ring (bicyclic) bond motifs is 1. The molecule has 0 radical (unpaired) electrons. The highest BCUT2D eigenvalue weighted by molar-refractivity contribution is 7.11. The van der Waals surface area contributed by atoms with Crippen LogP contribution in [0.1, 0.15) is 20.8 Å². The maximum absolute atomic E-state index is 12.8. The highest BCUT2D eigenvalue weighted by Gasteiger charge is 2.52. The Morgan fingerprint density at radius 1 is 1.31 bits per heavy atom. The Hall–Kier alpha value is -2.58. The Labute approximate surface area is 157 Å². The summed E-state index contributed by atoms with van der Waals surface area (Å²) in [6.45, 7) is 0.326. The minimum absolute atomic E-state index is 0.0133. The highest BCUT2D eigenvalue weighted by Crippen LogP contribution is 2.38. The standard InChI is InChI=1S/C17H14ClN3O4S/c1-25-10-3-2-9-7-21(14(22)11(9)6-10)8-17(13-12(18)4-5-26-13)15(23)19-16(24)20-17/h2-6H,7-8H2,1H3,(H2,19,20,23,24)/t17-/m0/s1. The lowest BCUT2D eigenvalue weighted by Gasteiger charge is -2.30. The molecule has 7 nitrogen and oxygen atoms in total. The number of benzene rings is 1. The first-order chi connectivity index (χ1) is 12.4. The molecule has 1 aromatic heterocycles. The smallest absolute Gasteiger partial charge is 0.322 e. The molecule has 0 aliphatic carbocycles. The number of carbonyl (C=O) groups excluding carboxylic acids is 3. The zero-order chi connectivity index (χ0) is 18.5. The maximum Gasteiger partial charge on any atom is 0.322 e. The summed E-state index contributed by atoms with van der Waals surface area (Å²) in [4.78, 5) is 39.3. The van der Waals surface area contributed by atoms with Gasteiger partial charge in [-0.3, -0.25) is 14.9 Å². The van der Waals surface area contributed by atoms with Gasteiger partial charge in [-0.25, -0.2) is 4.79 Å². The second kappa shape index (κ2) is 6.00. The summed E-state index contributed by atoms with van der Waals surface area (Å²) in [6, 6.07) is 6.34. The summed E-state index contributed by atoms with van der Waals surface area (Å²) in [7, 11) is 1.53. The Morgan fingerprint density at radius 3 is 2.73 bits per heavy atom. The number of methoxy groups -OCH3 is 1. The number of hydrogen-bond donors (Lipinski definition) is 2. The fraction of sp³-hybridized carbons (Fsp3) is 0.235. The van der Waals surface area contributed by atoms with Gasteiger partial charge in [0, 0.05) is 12.1 Å². The fourth-order valence-electron chi connectivity index (χ4n) is 3.31. The Morgan fingerprint density at radius 2 is 2.12 bits per heavy atom. The number of urea groups is 1. The third-order valence-electron chi connectivity index (χ3n) is 4.57. The Kier molecular flexibility index (Phi) is 3.89. The van der Waals surface area contributed by atoms with Crippen molar-refractivity contribution in [2.45, 2.75) is 12.1 Å². The molecule has 1 atom stereocenters. The number of nitrogens with one attached hydrogen (secondary N) is 2. The lowest BCUT2D eigenvalue weighted by Crippen LogP contribution is -2.52. The summed E-state index contributed by atoms with van der Waals surface area (Å²) in [5.41, 5.74) is -0.0288. The molecule has 2 N–H and O–H groups in total. The van der Waals surface area contributed by atoms with Crippen LogP contribution in [0, 0.1) is 0 Å². The van der Waals surface area contributed by atoms with Crippen LogP contribution < -0.4 is 15.4 Å². The van der Waals surface area contributed by atoms with E-state index in [1.807, 2.05) is 6.07 Å². The molecule has 1 saturated heterocycles. The van der Waals surface area contributed by atoms with Crippen LogP contribution in [0.5, 0.6) is 5.75 Å². The van der Waals surface area contributed by atoms with Gasteiger partial charge in [0.25, 0.3) is 11.8 Å². The summed E-state index contributed by atoms with van der Waals surface area (Å²) in [5.74, 6) is -0.157. The number of imide groups is 1. The second-order valence-electron chi connectivity index (χ2n) is 6.10. The second-order valence-corrected chi connectivity index (χ2v) is 7.42. The van der Waals surface area contributed by atoms with Gasteiger partial charge in [0.1, 0.15) is 5.75 Å². The number of halogens is 1. The largest absolute Gasteiger partial charge is 0.497 e. The number of nitrogens with zero attached hydrogens (tertiary/aromatic N) is 1. The molecule has 0 unspecified atom stereocenters. The number of hydrogen-bond acceptors (Lipinski definition) is 5. The molecule has 4 amide bonds. The van der Waals surface area contributed by atoms with Crippen LogP contribution in [0.25, 0.3) is 0 Å². The Bertz CT molecular complexity index is 944. The molecule has 0 bridgehead atoms. The number of ether oxygens (including phenoxy) is 1. The van der Waals surface area contributed by atoms with Gasteiger partial charge in [0.2, 0.25) is 0 Å². The SMILES string of the molecule is COc1ccc2c(c1)C(=O)N(C[C@@]1(c3sccc3Cl)NC(=O)NC1=O)C2. The quantitative estimate of drug-likeness (QED) is 0.781. The first kappa shape index (κ1) is 16.9. The Balaban J connectivity index is 1.70. The maximum atomic E-state index is 12.8. The molecule has 26 heavy (non-hydrogen) atoms. The minimum Gasteiger partial charge on any atom is -0.497 e. The molecule has 134 valence electrons. The van der Waals surface area contributed by atoms with E-state index in [4.69, 9.17) is 16.3 Å². The van der Waals surface area contributed by atoms with Crippen LogP contribution in [0.3, 0.4) is 0 Å². The van der Waals surface area contributed by atoms with E-state index in [2.05, 4.69) is 10.6 Å². The molecule has 3 heterocycles. The third kappa shape index (κ3) is 2.45. The molecule has 0 spiro atoms. The summed E-state index contributed by atoms with van der Waals surface area (Å²) in [6.07, 6.45) is 0. The van der Waals surface area contributed by atoms with Crippen molar-refractivity contribution in [3.05, 3.63) is 50.7 Å². The molecule has 0 saturated carbocycles. The normalized spacial score (nSPS) is 21.6. The van der Waals surface area contributed by atoms with Crippen LogP contribution in [-0.4, -0.2) is 36.4 Å². The molecule has 4 rings (SSSR count). The lowest BCUT2D eigenvalue weighted by molar-refractivity contribution is -0.124. The van der Waals surface area contributed by atoms with Crippen LogP contribution in [0.4, 0.5) is 4.79 Å². The van der Waals surface area contributed by atoms with E-state index in [0.29, 0.717) is 27.8 Å². The van der Waals surface area contributed by atoms with Crippen molar-refractivity contribution in [2.75, 3.05) is 13.7 Å². The van der Waals surface area contributed by atoms with Crippen molar-refractivity contribution in [2.24, 2.45) is 0 Å². The molecule has 9 heteroatoms. The number of rotatable bonds is 4. The van der Waals surface area contributed by atoms with Gasteiger partial charge in [-0.1, -0.05) is 17.7 Å². The first-order valence-electron chi connectivity index (χ1n) is 7.78. The molecule has 1 aromatic carbocycles. The fourth-order valence-corrected chi connectivity index (χ4v) is 4.68. The van der Waals surface area contributed by atoms with Crippen molar-refractivity contribution in [1.29, 1.82) is 0 Å². The van der Waals surface area contributed by atoms with Crippen LogP contribution >= 0.6 is 22.9 Å². The monoisotopic (exact) mass is 391 g/mol. The van der Waals surface area contributed by atoms with Crippen LogP contribution in [0.2, 0.25) is 5.02 Å². The topological polar surface area (TPSA) is 87.7 Å². The number of thiophene rings is 1. The number of carbonyl (C=O) groups is 3. The third-order valence-corrected chi connectivity index (χ3v) is 6.07. The van der Waals surface area contributed by atoms with E-state index in [0.717, 1.165) is 5.56 Å². The van der Waals surface area contributed by atoms with Gasteiger partial charge in [-0.15, -0.1) is 11.3 Å². The van der Waals surface area contributed by atoms with E-state index < -0.39 is 17.5 Å². The number of amides is 4. The van der Waals surface area contributed by atoms with Crippen LogP contribution in [-0.2, 0) is 16.9 Å². The van der Waals surface area contributed by atoms with Crippen molar-refractivity contribution >= 4 is 40.8 Å². The summed E-state index contributed by atoms with van der Waals surface area (Å²) in [5, 5.41) is 7.03. The average Bonchev–Trinajstić information content (AvgIpc) is 3.25. The molecule has 2 aliphatic rings. The van der Waals surface area contributed by atoms with Crippen molar-refractivity contribution in [3.63, 3.8) is 0 Å². The van der Waals surface area contributed by atoms with E-state index in [-0.39, 0.29) is 12.5 Å². The zero-order valence-electron chi connectivity index (χ0n) is 13.7. The van der Waals surface area contributed by atoms with Gasteiger partial charge in [0.15, 0.2) is 5.54 Å². The molecule has 2 aromatic rings. The highest BCUT2D eigenvalue weighted by atomic mass is 35.5. The first-order valence-corrected chi connectivity index (χ1v) is 9.03. The predicted molar refractivity (Wildman–Crippen MR) is 95.4 cm³/mol. The summed E-state index contributed by atoms with van der Waals surface area (Å²) >= 11 is 7.49. The summed E-state index contributed by atoms with van der Waals surface area (Å²) < 4.78 is 5.17. The predicted octanol–water partition coefficient (Wildman–Crippen LogP) is 2.10. The van der Waals surface area contributed by atoms with Crippen molar-refractivity contribution in [1.82, 2.24) is 15.5 Å². The average molecular weight is 392 g/mol. The lowest BCUT2D eigenvalue weighted by atomic mass is 9.96. The van der Waals surface area contributed by atoms with Gasteiger partial charge in [-0.05, 0) is 29.1 Å². The van der Waals surface area contributed by atoms with Gasteiger partial charge < -0.3 is 15.0 Å². The van der Waals surface area contributed by atoms with Crippen molar-refractivity contribution < 1.29 is 19.1 Å². The van der Waals surface area contributed by atoms with Crippen molar-refractivity contribution in [3.8, 4) is 5.75 Å². The molecular formula is C17H14ClN3O4S. The van der Waals surface area contributed by atoms with E-state index in [1.54, 1.807) is 23.6 Å². The molecule has 2 aliphatic heterocycles.